The smallest absolute Gasteiger partial charge is 0.227 e. The summed E-state index contributed by atoms with van der Waals surface area (Å²) >= 11 is 0. The molecule has 4 aromatic rings. The molecule has 1 atom stereocenters. The van der Waals surface area contributed by atoms with Crippen LogP contribution < -0.4 is 4.90 Å². The van der Waals surface area contributed by atoms with E-state index in [0.717, 1.165) is 16.9 Å². The number of hydrogen-bond donors (Lipinski definition) is 0. The zero-order chi connectivity index (χ0) is 20.7. The van der Waals surface area contributed by atoms with Gasteiger partial charge in [-0.2, -0.15) is 0 Å². The average Bonchev–Trinajstić information content (AvgIpc) is 3.30. The van der Waals surface area contributed by atoms with Crippen LogP contribution in [-0.4, -0.2) is 22.0 Å². The minimum Gasteiger partial charge on any atom is -0.323 e. The van der Waals surface area contributed by atoms with Gasteiger partial charge in [0, 0.05) is 31.1 Å². The first-order valence-electron chi connectivity index (χ1n) is 10.2. The summed E-state index contributed by atoms with van der Waals surface area (Å²) in [7, 11) is 0. The van der Waals surface area contributed by atoms with Crippen LogP contribution in [0.2, 0.25) is 0 Å². The van der Waals surface area contributed by atoms with E-state index in [-0.39, 0.29) is 17.6 Å². The molecule has 3 aromatic carbocycles. The van der Waals surface area contributed by atoms with Crippen molar-refractivity contribution >= 4 is 22.6 Å². The van der Waals surface area contributed by atoms with Crippen molar-refractivity contribution in [1.82, 2.24) is 9.55 Å². The summed E-state index contributed by atoms with van der Waals surface area (Å²) in [6, 6.07) is 22.6. The van der Waals surface area contributed by atoms with Gasteiger partial charge >= 0.3 is 0 Å². The number of amides is 1. The summed E-state index contributed by atoms with van der Waals surface area (Å²) in [6.07, 6.45) is 0.369. The van der Waals surface area contributed by atoms with Gasteiger partial charge in [-0.15, -0.1) is 0 Å². The van der Waals surface area contributed by atoms with Crippen LogP contribution in [0.15, 0.2) is 72.8 Å². The molecule has 5 rings (SSSR count). The highest BCUT2D eigenvalue weighted by molar-refractivity contribution is 5.96. The van der Waals surface area contributed by atoms with Gasteiger partial charge in [-0.3, -0.25) is 4.79 Å². The lowest BCUT2D eigenvalue weighted by molar-refractivity contribution is -0.117. The van der Waals surface area contributed by atoms with Crippen LogP contribution in [0.3, 0.4) is 0 Å². The largest absolute Gasteiger partial charge is 0.323 e. The van der Waals surface area contributed by atoms with Crippen molar-refractivity contribution in [3.63, 3.8) is 0 Å². The Bertz CT molecular complexity index is 1250. The SMILES string of the molecule is Cc1ccccc1Cn1c(C2CC(=O)N(c3cccc(F)c3)C2)nc2ccccc21. The van der Waals surface area contributed by atoms with E-state index >= 15 is 0 Å². The molecule has 1 aliphatic heterocycles. The lowest BCUT2D eigenvalue weighted by atomic mass is 10.1. The fraction of sp³-hybridized carbons (Fsp3) is 0.200. The Balaban J connectivity index is 1.54. The number of rotatable bonds is 4. The Morgan fingerprint density at radius 3 is 2.67 bits per heavy atom. The van der Waals surface area contributed by atoms with E-state index in [0.29, 0.717) is 25.2 Å². The lowest BCUT2D eigenvalue weighted by Crippen LogP contribution is -2.24. The lowest BCUT2D eigenvalue weighted by Gasteiger charge is -2.18. The molecule has 1 unspecified atom stereocenters. The van der Waals surface area contributed by atoms with E-state index in [4.69, 9.17) is 4.98 Å². The molecule has 1 amide bonds. The number of para-hydroxylation sites is 2. The molecule has 1 aromatic heterocycles. The van der Waals surface area contributed by atoms with E-state index in [1.165, 1.54) is 23.3 Å². The van der Waals surface area contributed by atoms with Crippen LogP contribution in [-0.2, 0) is 11.3 Å². The third-order valence-corrected chi connectivity index (χ3v) is 5.88. The molecule has 0 spiro atoms. The molecule has 4 nitrogen and oxygen atoms in total. The Morgan fingerprint density at radius 1 is 1.03 bits per heavy atom. The maximum atomic E-state index is 13.7. The Labute approximate surface area is 174 Å². The van der Waals surface area contributed by atoms with Crippen molar-refractivity contribution in [2.24, 2.45) is 0 Å². The topological polar surface area (TPSA) is 38.1 Å². The van der Waals surface area contributed by atoms with Crippen molar-refractivity contribution in [1.29, 1.82) is 0 Å². The molecular formula is C25H22FN3O. The fourth-order valence-electron chi connectivity index (χ4n) is 4.30. The number of aryl methyl sites for hydroxylation is 1. The predicted molar refractivity (Wildman–Crippen MR) is 116 cm³/mol. The number of carbonyl (C=O) groups excluding carboxylic acids is 1. The summed E-state index contributed by atoms with van der Waals surface area (Å²) in [4.78, 5) is 19.4. The van der Waals surface area contributed by atoms with Gasteiger partial charge in [0.15, 0.2) is 0 Å². The highest BCUT2D eigenvalue weighted by Crippen LogP contribution is 2.34. The van der Waals surface area contributed by atoms with Crippen LogP contribution in [0.4, 0.5) is 10.1 Å². The van der Waals surface area contributed by atoms with Gasteiger partial charge in [0.05, 0.1) is 11.0 Å². The average molecular weight is 399 g/mol. The molecule has 0 saturated carbocycles. The molecule has 2 heterocycles. The molecule has 0 N–H and O–H groups in total. The fourth-order valence-corrected chi connectivity index (χ4v) is 4.30. The quantitative estimate of drug-likeness (QED) is 0.481. The maximum absolute atomic E-state index is 13.7. The zero-order valence-electron chi connectivity index (χ0n) is 16.8. The van der Waals surface area contributed by atoms with Crippen LogP contribution in [0.25, 0.3) is 11.0 Å². The number of anilines is 1. The van der Waals surface area contributed by atoms with Gasteiger partial charge in [-0.1, -0.05) is 42.5 Å². The van der Waals surface area contributed by atoms with Crippen molar-refractivity contribution in [2.45, 2.75) is 25.8 Å². The second-order valence-corrected chi connectivity index (χ2v) is 7.86. The van der Waals surface area contributed by atoms with Gasteiger partial charge < -0.3 is 9.47 Å². The standard InChI is InChI=1S/C25H22FN3O/c1-17-7-2-3-8-18(17)15-29-23-12-5-4-11-22(23)27-25(29)19-13-24(30)28(16-19)21-10-6-9-20(26)14-21/h2-12,14,19H,13,15-16H2,1H3. The number of fused-ring (bicyclic) bond motifs is 1. The molecule has 1 aliphatic rings. The van der Waals surface area contributed by atoms with E-state index in [1.54, 1.807) is 17.0 Å². The van der Waals surface area contributed by atoms with Gasteiger partial charge in [0.2, 0.25) is 5.91 Å². The number of benzene rings is 3. The molecule has 30 heavy (non-hydrogen) atoms. The molecule has 0 bridgehead atoms. The zero-order valence-corrected chi connectivity index (χ0v) is 16.8. The minimum atomic E-state index is -0.337. The monoisotopic (exact) mass is 399 g/mol. The summed E-state index contributed by atoms with van der Waals surface area (Å²) in [6.45, 7) is 3.31. The van der Waals surface area contributed by atoms with Gasteiger partial charge in [-0.05, 0) is 48.4 Å². The van der Waals surface area contributed by atoms with Crippen molar-refractivity contribution in [3.8, 4) is 0 Å². The van der Waals surface area contributed by atoms with Crippen molar-refractivity contribution in [3.05, 3.63) is 95.6 Å². The number of nitrogens with zero attached hydrogens (tertiary/aromatic N) is 3. The van der Waals surface area contributed by atoms with E-state index < -0.39 is 0 Å². The van der Waals surface area contributed by atoms with Crippen LogP contribution in [0, 0.1) is 12.7 Å². The Kier molecular flexibility index (Phi) is 4.58. The molecule has 5 heteroatoms. The van der Waals surface area contributed by atoms with Gasteiger partial charge in [-0.25, -0.2) is 9.37 Å². The number of imidazole rings is 1. The predicted octanol–water partition coefficient (Wildman–Crippen LogP) is 5.05. The van der Waals surface area contributed by atoms with Crippen molar-refractivity contribution in [2.75, 3.05) is 11.4 Å². The number of aromatic nitrogens is 2. The Morgan fingerprint density at radius 2 is 1.83 bits per heavy atom. The van der Waals surface area contributed by atoms with E-state index in [9.17, 15) is 9.18 Å². The number of carbonyl (C=O) groups is 1. The highest BCUT2D eigenvalue weighted by atomic mass is 19.1. The van der Waals surface area contributed by atoms with Gasteiger partial charge in [0.1, 0.15) is 11.6 Å². The van der Waals surface area contributed by atoms with Crippen molar-refractivity contribution < 1.29 is 9.18 Å². The van der Waals surface area contributed by atoms with Crippen LogP contribution >= 0.6 is 0 Å². The molecule has 0 radical (unpaired) electrons. The summed E-state index contributed by atoms with van der Waals surface area (Å²) in [5, 5.41) is 0. The first-order valence-corrected chi connectivity index (χ1v) is 10.2. The van der Waals surface area contributed by atoms with E-state index in [2.05, 4.69) is 29.7 Å². The second kappa shape index (κ2) is 7.41. The first kappa shape index (κ1) is 18.6. The third-order valence-electron chi connectivity index (χ3n) is 5.88. The molecule has 1 saturated heterocycles. The Hall–Kier alpha value is -3.47. The number of halogens is 1. The summed E-state index contributed by atoms with van der Waals surface area (Å²) in [5.41, 5.74) is 5.05. The summed E-state index contributed by atoms with van der Waals surface area (Å²) < 4.78 is 15.9. The first-order chi connectivity index (χ1) is 14.6. The van der Waals surface area contributed by atoms with Crippen LogP contribution in [0.5, 0.6) is 0 Å². The van der Waals surface area contributed by atoms with Gasteiger partial charge in [0.25, 0.3) is 0 Å². The minimum absolute atomic E-state index is 0.0000905. The maximum Gasteiger partial charge on any atom is 0.227 e. The second-order valence-electron chi connectivity index (χ2n) is 7.86. The molecule has 0 aliphatic carbocycles. The van der Waals surface area contributed by atoms with Crippen LogP contribution in [0.1, 0.15) is 29.3 Å². The molecule has 150 valence electrons. The number of hydrogen-bond acceptors (Lipinski definition) is 2. The highest BCUT2D eigenvalue weighted by Gasteiger charge is 2.35. The third kappa shape index (κ3) is 3.26. The van der Waals surface area contributed by atoms with E-state index in [1.807, 2.05) is 30.3 Å². The normalized spacial score (nSPS) is 16.5. The molecule has 1 fully saturated rings. The molecular weight excluding hydrogens is 377 g/mol. The summed E-state index contributed by atoms with van der Waals surface area (Å²) in [5.74, 6) is 0.527.